The minimum Gasteiger partial charge on any atom is -0.496 e. The maximum atomic E-state index is 11.6. The molecule has 0 bridgehead atoms. The minimum absolute atomic E-state index is 0.130. The number of carbonyl (C=O) groups is 2. The molecule has 0 radical (unpaired) electrons. The summed E-state index contributed by atoms with van der Waals surface area (Å²) in [6.45, 7) is 3.25. The molecule has 0 heterocycles. The van der Waals surface area contributed by atoms with Crippen LogP contribution < -0.4 is 4.74 Å². The van der Waals surface area contributed by atoms with Crippen molar-refractivity contribution in [1.29, 1.82) is 0 Å². The van der Waals surface area contributed by atoms with Crippen molar-refractivity contribution < 1.29 is 33.9 Å². The number of para-hydroxylation sites is 1. The Morgan fingerprint density at radius 2 is 1.79 bits per heavy atom. The second kappa shape index (κ2) is 7.22. The average molecular weight is 270 g/mol. The van der Waals surface area contributed by atoms with Crippen molar-refractivity contribution in [2.45, 2.75) is 20.0 Å². The van der Waals surface area contributed by atoms with Crippen LogP contribution in [0.2, 0.25) is 0 Å². The van der Waals surface area contributed by atoms with E-state index in [2.05, 4.69) is 19.6 Å². The van der Waals surface area contributed by atoms with Crippen LogP contribution in [0.5, 0.6) is 5.75 Å². The van der Waals surface area contributed by atoms with Crippen LogP contribution in [0, 0.1) is 0 Å². The lowest BCUT2D eigenvalue weighted by Gasteiger charge is -2.07. The van der Waals surface area contributed by atoms with Crippen molar-refractivity contribution in [3.05, 3.63) is 29.8 Å². The summed E-state index contributed by atoms with van der Waals surface area (Å²) < 4.78 is 9.54. The molecule has 0 spiro atoms. The number of benzene rings is 1. The molecule has 0 fully saturated rings. The van der Waals surface area contributed by atoms with Crippen LogP contribution in [0.15, 0.2) is 24.3 Å². The summed E-state index contributed by atoms with van der Waals surface area (Å²) >= 11 is 0. The Balaban J connectivity index is 2.45. The predicted octanol–water partition coefficient (Wildman–Crippen LogP) is 2.26. The standard InChI is InChI=1S/C12H14O7/c1-8(2)16-12(14)18-19-17-11(13)9-6-4-5-7-10(9)15-3/h4-8H,1-3H3. The highest BCUT2D eigenvalue weighted by molar-refractivity contribution is 5.92. The Labute approximate surface area is 109 Å². The van der Waals surface area contributed by atoms with Crippen molar-refractivity contribution in [1.82, 2.24) is 0 Å². The maximum Gasteiger partial charge on any atom is 0.543 e. The smallest absolute Gasteiger partial charge is 0.496 e. The zero-order chi connectivity index (χ0) is 14.3. The normalized spacial score (nSPS) is 9.89. The molecule has 0 aliphatic rings. The van der Waals surface area contributed by atoms with Gasteiger partial charge in [0.2, 0.25) is 0 Å². The van der Waals surface area contributed by atoms with E-state index >= 15 is 0 Å². The van der Waals surface area contributed by atoms with Crippen LogP contribution in [0.3, 0.4) is 0 Å². The highest BCUT2D eigenvalue weighted by Gasteiger charge is 2.16. The molecule has 7 heteroatoms. The van der Waals surface area contributed by atoms with Gasteiger partial charge >= 0.3 is 12.1 Å². The summed E-state index contributed by atoms with van der Waals surface area (Å²) in [7, 11) is 1.41. The molecule has 0 saturated heterocycles. The van der Waals surface area contributed by atoms with Gasteiger partial charge < -0.3 is 9.47 Å². The second-order valence-electron chi connectivity index (χ2n) is 3.64. The number of carbonyl (C=O) groups excluding carboxylic acids is 2. The molecular weight excluding hydrogens is 256 g/mol. The Morgan fingerprint density at radius 3 is 2.42 bits per heavy atom. The molecule has 19 heavy (non-hydrogen) atoms. The van der Waals surface area contributed by atoms with Gasteiger partial charge in [0.25, 0.3) is 0 Å². The third kappa shape index (κ3) is 4.84. The Morgan fingerprint density at radius 1 is 1.11 bits per heavy atom. The first-order valence-electron chi connectivity index (χ1n) is 5.43. The fourth-order valence-electron chi connectivity index (χ4n) is 1.15. The lowest BCUT2D eigenvalue weighted by atomic mass is 10.2. The average Bonchev–Trinajstić information content (AvgIpc) is 2.37. The van der Waals surface area contributed by atoms with Crippen molar-refractivity contribution in [2.24, 2.45) is 0 Å². The van der Waals surface area contributed by atoms with E-state index in [0.717, 1.165) is 0 Å². The van der Waals surface area contributed by atoms with E-state index in [1.165, 1.54) is 13.2 Å². The van der Waals surface area contributed by atoms with Crippen molar-refractivity contribution in [2.75, 3.05) is 7.11 Å². The summed E-state index contributed by atoms with van der Waals surface area (Å²) in [5.41, 5.74) is 0.130. The molecule has 0 amide bonds. The lowest BCUT2D eigenvalue weighted by molar-refractivity contribution is -0.452. The lowest BCUT2D eigenvalue weighted by Crippen LogP contribution is -2.15. The summed E-state index contributed by atoms with van der Waals surface area (Å²) in [6, 6.07) is 6.35. The number of rotatable bonds is 5. The number of hydrogen-bond donors (Lipinski definition) is 0. The molecule has 1 aromatic carbocycles. The number of hydrogen-bond acceptors (Lipinski definition) is 7. The molecule has 0 aromatic heterocycles. The molecule has 0 unspecified atom stereocenters. The van der Waals surface area contributed by atoms with Gasteiger partial charge in [0.15, 0.2) is 0 Å². The summed E-state index contributed by atoms with van der Waals surface area (Å²) in [5, 5.41) is 4.03. The molecule has 0 aliphatic carbocycles. The third-order valence-electron chi connectivity index (χ3n) is 1.87. The van der Waals surface area contributed by atoms with Crippen LogP contribution in [-0.4, -0.2) is 25.3 Å². The Kier molecular flexibility index (Phi) is 5.62. The maximum absolute atomic E-state index is 11.6. The van der Waals surface area contributed by atoms with E-state index < -0.39 is 12.1 Å². The van der Waals surface area contributed by atoms with Crippen molar-refractivity contribution >= 4 is 12.1 Å². The molecule has 7 nitrogen and oxygen atoms in total. The molecule has 1 rings (SSSR count). The second-order valence-corrected chi connectivity index (χ2v) is 3.64. The molecule has 0 atom stereocenters. The monoisotopic (exact) mass is 270 g/mol. The number of ether oxygens (including phenoxy) is 2. The first-order chi connectivity index (χ1) is 9.04. The molecular formula is C12H14O7. The largest absolute Gasteiger partial charge is 0.543 e. The zero-order valence-corrected chi connectivity index (χ0v) is 10.7. The molecule has 104 valence electrons. The van der Waals surface area contributed by atoms with E-state index in [4.69, 9.17) is 4.74 Å². The zero-order valence-electron chi connectivity index (χ0n) is 10.7. The van der Waals surface area contributed by atoms with Crippen LogP contribution in [-0.2, 0) is 19.6 Å². The fraction of sp³-hybridized carbons (Fsp3) is 0.333. The van der Waals surface area contributed by atoms with Crippen LogP contribution in [0.4, 0.5) is 4.79 Å². The van der Waals surface area contributed by atoms with Gasteiger partial charge in [-0.2, -0.15) is 0 Å². The van der Waals surface area contributed by atoms with Gasteiger partial charge in [-0.15, -0.1) is 0 Å². The van der Waals surface area contributed by atoms with E-state index in [9.17, 15) is 9.59 Å². The first-order valence-corrected chi connectivity index (χ1v) is 5.43. The molecule has 0 N–H and O–H groups in total. The molecule has 0 saturated carbocycles. The molecule has 1 aromatic rings. The van der Waals surface area contributed by atoms with Crippen LogP contribution >= 0.6 is 0 Å². The van der Waals surface area contributed by atoms with E-state index in [1.54, 1.807) is 32.0 Å². The van der Waals surface area contributed by atoms with Crippen molar-refractivity contribution in [3.63, 3.8) is 0 Å². The van der Waals surface area contributed by atoms with Crippen LogP contribution in [0.25, 0.3) is 0 Å². The quantitative estimate of drug-likeness (QED) is 0.461. The summed E-state index contributed by atoms with van der Waals surface area (Å²) in [6.07, 6.45) is -1.48. The SMILES string of the molecule is COc1ccccc1C(=O)OOOC(=O)OC(C)C. The minimum atomic E-state index is -1.11. The number of methoxy groups -OCH3 is 1. The fourth-order valence-corrected chi connectivity index (χ4v) is 1.15. The topological polar surface area (TPSA) is 80.3 Å². The highest BCUT2D eigenvalue weighted by atomic mass is 17.5. The summed E-state index contributed by atoms with van der Waals surface area (Å²) in [5.74, 6) is -0.560. The van der Waals surface area contributed by atoms with Gasteiger partial charge in [0, 0.05) is 0 Å². The van der Waals surface area contributed by atoms with Crippen LogP contribution in [0.1, 0.15) is 24.2 Å². The van der Waals surface area contributed by atoms with Gasteiger partial charge in [0.05, 0.1) is 18.3 Å². The Hall–Kier alpha value is -2.28. The molecule has 0 aliphatic heterocycles. The first kappa shape index (κ1) is 14.8. The predicted molar refractivity (Wildman–Crippen MR) is 62.2 cm³/mol. The van der Waals surface area contributed by atoms with Gasteiger partial charge in [-0.25, -0.2) is 14.5 Å². The van der Waals surface area contributed by atoms with E-state index in [-0.39, 0.29) is 11.7 Å². The Bertz CT molecular complexity index is 441. The van der Waals surface area contributed by atoms with E-state index in [0.29, 0.717) is 5.75 Å². The highest BCUT2D eigenvalue weighted by Crippen LogP contribution is 2.18. The van der Waals surface area contributed by atoms with Gasteiger partial charge in [-0.1, -0.05) is 12.1 Å². The van der Waals surface area contributed by atoms with Crippen molar-refractivity contribution in [3.8, 4) is 5.75 Å². The third-order valence-corrected chi connectivity index (χ3v) is 1.87. The van der Waals surface area contributed by atoms with Gasteiger partial charge in [0.1, 0.15) is 11.3 Å². The van der Waals surface area contributed by atoms with Gasteiger partial charge in [-0.3, -0.25) is 4.89 Å². The van der Waals surface area contributed by atoms with Gasteiger partial charge in [-0.05, 0) is 26.0 Å². The summed E-state index contributed by atoms with van der Waals surface area (Å²) in [4.78, 5) is 30.8. The van der Waals surface area contributed by atoms with E-state index in [1.807, 2.05) is 0 Å².